The number of benzene rings is 15. The van der Waals surface area contributed by atoms with Crippen LogP contribution < -0.4 is 9.80 Å². The summed E-state index contributed by atoms with van der Waals surface area (Å²) in [5.41, 5.74) is 15.0. The van der Waals surface area contributed by atoms with Crippen molar-refractivity contribution in [3.05, 3.63) is 349 Å². The van der Waals surface area contributed by atoms with E-state index in [2.05, 4.69) is 191 Å². The average Bonchev–Trinajstić information content (AvgIpc) is 1.63. The third kappa shape index (κ3) is 9.49. The van der Waals surface area contributed by atoms with Crippen molar-refractivity contribution in [1.82, 2.24) is 9.13 Å². The van der Waals surface area contributed by atoms with Crippen molar-refractivity contribution in [1.29, 1.82) is 0 Å². The van der Waals surface area contributed by atoms with E-state index in [1.807, 2.05) is 84.9 Å². The molecule has 0 saturated heterocycles. The van der Waals surface area contributed by atoms with Crippen LogP contribution in [0.15, 0.2) is 321 Å². The Bertz CT molecular complexity index is 7650. The molecule has 2 aliphatic heterocycles. The average molecular weight is 1400 g/mol. The summed E-state index contributed by atoms with van der Waals surface area (Å²) in [4.78, 5) is 4.56. The van der Waals surface area contributed by atoms with Gasteiger partial charge in [-0.25, -0.2) is 0 Å². The molecule has 105 heavy (non-hydrogen) atoms. The molecular weight excluding hydrogens is 1310 g/mol. The third-order valence-corrected chi connectivity index (χ3v) is 23.7. The predicted octanol–water partition coefficient (Wildman–Crippen LogP) is 28.6. The van der Waals surface area contributed by atoms with Crippen LogP contribution in [-0.2, 0) is 10.8 Å². The maximum atomic E-state index is 10.2. The zero-order valence-corrected chi connectivity index (χ0v) is 59.7. The number of rotatable bonds is 8. The van der Waals surface area contributed by atoms with Crippen LogP contribution >= 0.6 is 22.7 Å². The first kappa shape index (κ1) is 47.3. The van der Waals surface area contributed by atoms with Gasteiger partial charge in [-0.2, -0.15) is 0 Å². The van der Waals surface area contributed by atoms with Gasteiger partial charge in [0, 0.05) is 95.7 Å². The molecule has 0 bridgehead atoms. The second-order valence-electron chi connectivity index (χ2n) is 29.6. The highest BCUT2D eigenvalue weighted by Crippen LogP contribution is 2.65. The van der Waals surface area contributed by atoms with Crippen molar-refractivity contribution < 1.29 is 21.9 Å². The van der Waals surface area contributed by atoms with Gasteiger partial charge in [-0.05, 0) is 152 Å². The molecule has 0 saturated carbocycles. The van der Waals surface area contributed by atoms with Crippen molar-refractivity contribution in [2.75, 3.05) is 9.80 Å². The molecule has 21 rings (SSSR count). The number of thiophene rings is 2. The Hall–Kier alpha value is -12.1. The largest absolute Gasteiger partial charge is 0.309 e. The van der Waals surface area contributed by atoms with Crippen molar-refractivity contribution in [2.45, 2.75) is 58.3 Å². The van der Waals surface area contributed by atoms with Gasteiger partial charge in [0.25, 0.3) is 0 Å². The lowest BCUT2D eigenvalue weighted by Gasteiger charge is -2.46. The Morgan fingerprint density at radius 3 is 1.39 bits per heavy atom. The summed E-state index contributed by atoms with van der Waals surface area (Å²) >= 11 is 3.36. The fourth-order valence-electron chi connectivity index (χ4n) is 16.6. The van der Waals surface area contributed by atoms with E-state index < -0.39 is 103 Å². The SMILES string of the molecule is [2H]c1c([2H])c([2H])c2c(c1[2H])c1c([2H])c([2H])c([2H])c([2H])c1n2-c1ccc2c(c1)N(c1cc3c(cc1-c1ccccc1)sc1ccccc13)c1cc(-n3c4c([2H])c([2H])c([2H])c([2H])c4c4c([2H])c([2H])c([2H])c([2H])c43)cc3c1C2c1cc(-c2cc(C(C)(C)C)cc(C(C)(C)C)c2)ccc1N3c1c(-c2ccccc2)cc2sc3ccccc3c2c1-c1ccccc1. The minimum absolute atomic E-state index is 0.0777. The van der Waals surface area contributed by atoms with Crippen molar-refractivity contribution in [2.24, 2.45) is 0 Å². The smallest absolute Gasteiger partial charge is 0.0645 e. The van der Waals surface area contributed by atoms with Gasteiger partial charge >= 0.3 is 0 Å². The van der Waals surface area contributed by atoms with E-state index in [1.54, 1.807) is 31.8 Å². The molecule has 6 heteroatoms. The molecule has 0 aliphatic carbocycles. The monoisotopic (exact) mass is 1400 g/mol. The highest BCUT2D eigenvalue weighted by molar-refractivity contribution is 7.26. The minimum Gasteiger partial charge on any atom is -0.309 e. The molecule has 0 spiro atoms. The van der Waals surface area contributed by atoms with Crippen LogP contribution in [0.3, 0.4) is 0 Å². The highest BCUT2D eigenvalue weighted by atomic mass is 32.1. The minimum atomic E-state index is -0.809. The molecule has 6 heterocycles. The molecule has 4 nitrogen and oxygen atoms in total. The fourth-order valence-corrected chi connectivity index (χ4v) is 18.8. The Morgan fingerprint density at radius 2 is 0.800 bits per heavy atom. The van der Waals surface area contributed by atoms with Gasteiger partial charge < -0.3 is 18.9 Å². The highest BCUT2D eigenvalue weighted by Gasteiger charge is 2.44. The Balaban J connectivity index is 1.02. The van der Waals surface area contributed by atoms with E-state index in [4.69, 9.17) is 2.74 Å². The van der Waals surface area contributed by atoms with Crippen molar-refractivity contribution >= 4 is 141 Å². The number of nitrogens with zero attached hydrogens (tertiary/aromatic N) is 4. The molecule has 0 amide bonds. The summed E-state index contributed by atoms with van der Waals surface area (Å²) < 4.78 is 162. The quantitative estimate of drug-likeness (QED) is 0.151. The lowest BCUT2D eigenvalue weighted by molar-refractivity contribution is 0.569. The lowest BCUT2D eigenvalue weighted by atomic mass is 9.74. The van der Waals surface area contributed by atoms with Gasteiger partial charge in [0.05, 0.1) is 83.8 Å². The first-order chi connectivity index (χ1) is 58.0. The van der Waals surface area contributed by atoms with Gasteiger partial charge in [-0.3, -0.25) is 0 Å². The van der Waals surface area contributed by atoms with Crippen molar-refractivity contribution in [3.63, 3.8) is 0 Å². The Morgan fingerprint density at radius 1 is 0.314 bits per heavy atom. The lowest BCUT2D eigenvalue weighted by Crippen LogP contribution is -2.30. The molecule has 1 unspecified atom stereocenters. The van der Waals surface area contributed by atoms with E-state index >= 15 is 0 Å². The van der Waals surface area contributed by atoms with Crippen LogP contribution in [0.1, 0.15) is 97.2 Å². The number of hydrogen-bond acceptors (Lipinski definition) is 4. The Kier molecular flexibility index (Phi) is 10.5. The van der Waals surface area contributed by atoms with Gasteiger partial charge in [0.15, 0.2) is 0 Å². The molecule has 19 aromatic rings. The van der Waals surface area contributed by atoms with Gasteiger partial charge in [-0.1, -0.05) is 272 Å². The molecule has 0 fully saturated rings. The van der Waals surface area contributed by atoms with Crippen molar-refractivity contribution in [3.8, 4) is 55.9 Å². The van der Waals surface area contributed by atoms with E-state index in [0.717, 1.165) is 124 Å². The Labute approximate surface area is 641 Å². The van der Waals surface area contributed by atoms with E-state index in [0.29, 0.717) is 22.7 Å². The second kappa shape index (κ2) is 23.2. The van der Waals surface area contributed by atoms with Crippen LogP contribution in [0.2, 0.25) is 0 Å². The number of anilines is 6. The summed E-state index contributed by atoms with van der Waals surface area (Å²) in [6.45, 7) is 13.4. The number of para-hydroxylation sites is 4. The molecule has 4 aromatic heterocycles. The summed E-state index contributed by atoms with van der Waals surface area (Å²) in [7, 11) is 0. The van der Waals surface area contributed by atoms with Crippen LogP contribution in [0.5, 0.6) is 0 Å². The third-order valence-electron chi connectivity index (χ3n) is 21.4. The van der Waals surface area contributed by atoms with Gasteiger partial charge in [0.1, 0.15) is 0 Å². The number of hydrogen-bond donors (Lipinski definition) is 0. The standard InChI is InChI=1S/C99H72N4S2/c1-98(2,3)65-50-64(51-66(53-65)99(4,5)6)63-46-49-84-79(52-63)94-74-48-47-67(100-80-40-22-16-34-69(80)70-35-17-23-41-81(70)100)54-85(74)102(86-57-78-73-38-20-26-44-89(73)104-91(78)58-76(86)60-28-10-7-11-29-60)87-55-68(101-82-42-24-18-36-71(82)72-37-19-25-43-83(72)101)56-88(96(87)94)103(84)97-77(61-30-12-8-13-31-61)59-92-95(75-39-21-27-45-90(75)105-92)93(97)62-32-14-9-15-33-62/h7-59,94H,1-6H3/i16D,17D,18D,19D,22D,23D,24D,25D,34D,35D,36D,37D,40D,41D,42D,43D. The van der Waals surface area contributed by atoms with Crippen LogP contribution in [-0.4, -0.2) is 9.13 Å². The zero-order chi connectivity index (χ0) is 84.1. The first-order valence-corrected chi connectivity index (χ1v) is 37.0. The molecule has 0 radical (unpaired) electrons. The number of aromatic nitrogens is 2. The van der Waals surface area contributed by atoms with E-state index in [9.17, 15) is 19.2 Å². The predicted molar refractivity (Wildman–Crippen MR) is 450 cm³/mol. The van der Waals surface area contributed by atoms with E-state index in [-0.39, 0.29) is 65.8 Å². The van der Waals surface area contributed by atoms with Gasteiger partial charge in [0.2, 0.25) is 0 Å². The fraction of sp³-hybridized carbons (Fsp3) is 0.0909. The summed E-state index contributed by atoms with van der Waals surface area (Å²) in [5, 5.41) is 3.49. The zero-order valence-electron chi connectivity index (χ0n) is 74.0. The molecule has 1 atom stereocenters. The van der Waals surface area contributed by atoms with E-state index in [1.165, 1.54) is 0 Å². The summed E-state index contributed by atoms with van der Waals surface area (Å²) in [6, 6.07) is 69.1. The molecular formula is C99H72N4S2. The van der Waals surface area contributed by atoms with Crippen LogP contribution in [0.4, 0.5) is 34.1 Å². The normalized spacial score (nSPS) is 15.8. The molecule has 15 aromatic carbocycles. The maximum Gasteiger partial charge on any atom is 0.0645 e. The molecule has 500 valence electrons. The van der Waals surface area contributed by atoms with Crippen LogP contribution in [0, 0.1) is 0 Å². The second-order valence-corrected chi connectivity index (χ2v) is 31.7. The van der Waals surface area contributed by atoms with Gasteiger partial charge in [-0.15, -0.1) is 22.7 Å². The maximum absolute atomic E-state index is 10.2. The molecule has 2 aliphatic rings. The molecule has 0 N–H and O–H groups in total. The first-order valence-electron chi connectivity index (χ1n) is 43.3. The summed E-state index contributed by atoms with van der Waals surface area (Å²) in [5.74, 6) is -0.809. The topological polar surface area (TPSA) is 16.3 Å². The van der Waals surface area contributed by atoms with Crippen LogP contribution in [0.25, 0.3) is 140 Å². The summed E-state index contributed by atoms with van der Waals surface area (Å²) in [6.07, 6.45) is 0. The number of fused-ring (bicyclic) bond motifs is 16.